The van der Waals surface area contributed by atoms with Crippen molar-refractivity contribution in [2.75, 3.05) is 12.3 Å². The van der Waals surface area contributed by atoms with E-state index >= 15 is 0 Å². The Hall–Kier alpha value is 0.310. The zero-order chi connectivity index (χ0) is 6.62. The minimum absolute atomic E-state index is 0.138. The lowest BCUT2D eigenvalue weighted by Gasteiger charge is -2.15. The van der Waals surface area contributed by atoms with Crippen molar-refractivity contribution in [3.05, 3.63) is 6.92 Å². The minimum Gasteiger partial charge on any atom is -0.330 e. The molecule has 0 amide bonds. The molecule has 1 radical (unpaired) electrons. The first-order valence-corrected chi connectivity index (χ1v) is 3.74. The van der Waals surface area contributed by atoms with Crippen molar-refractivity contribution in [2.45, 2.75) is 18.6 Å². The number of thioether (sulfide) groups is 1. The maximum atomic E-state index is 5.29. The summed E-state index contributed by atoms with van der Waals surface area (Å²) in [6.07, 6.45) is 0. The molecule has 49 valence electrons. The van der Waals surface area contributed by atoms with Crippen molar-refractivity contribution in [3.8, 4) is 0 Å². The second-order valence-electron chi connectivity index (χ2n) is 2.40. The van der Waals surface area contributed by atoms with Gasteiger partial charge in [-0.25, -0.2) is 0 Å². The molecule has 0 spiro atoms. The summed E-state index contributed by atoms with van der Waals surface area (Å²) < 4.78 is 0.138. The van der Waals surface area contributed by atoms with E-state index in [9.17, 15) is 0 Å². The first kappa shape index (κ1) is 8.31. The van der Waals surface area contributed by atoms with Crippen LogP contribution in [0.5, 0.6) is 0 Å². The molecular formula is C6H14NS. The Balaban J connectivity index is 3.11. The molecule has 0 aliphatic rings. The molecule has 0 saturated heterocycles. The van der Waals surface area contributed by atoms with Gasteiger partial charge < -0.3 is 5.73 Å². The molecule has 0 rings (SSSR count). The van der Waals surface area contributed by atoms with Crippen LogP contribution in [-0.2, 0) is 0 Å². The molecule has 0 heterocycles. The summed E-state index contributed by atoms with van der Waals surface area (Å²) in [7, 11) is 0. The average molecular weight is 132 g/mol. The normalized spacial score (nSPS) is 12.0. The largest absolute Gasteiger partial charge is 0.330 e. The molecule has 0 aromatic carbocycles. The van der Waals surface area contributed by atoms with Crippen molar-refractivity contribution in [3.63, 3.8) is 0 Å². The van der Waals surface area contributed by atoms with Gasteiger partial charge in [-0.2, -0.15) is 11.8 Å². The van der Waals surface area contributed by atoms with Gasteiger partial charge in [0.25, 0.3) is 0 Å². The van der Waals surface area contributed by atoms with Gasteiger partial charge in [-0.3, -0.25) is 0 Å². The van der Waals surface area contributed by atoms with Crippen LogP contribution in [0.1, 0.15) is 13.8 Å². The van der Waals surface area contributed by atoms with Crippen LogP contribution in [0.4, 0.5) is 0 Å². The molecule has 0 fully saturated rings. The maximum absolute atomic E-state index is 5.29. The Morgan fingerprint density at radius 1 is 1.62 bits per heavy atom. The summed E-state index contributed by atoms with van der Waals surface area (Å²) in [4.78, 5) is 0. The standard InChI is InChI=1S/C6H14NS/c1-6(2,3)8-5-4-7/h1,4-5,7H2,2-3H3. The molecule has 2 heteroatoms. The summed E-state index contributed by atoms with van der Waals surface area (Å²) >= 11 is 1.80. The molecule has 0 aliphatic carbocycles. The fraction of sp³-hybridized carbons (Fsp3) is 0.833. The van der Waals surface area contributed by atoms with Crippen LogP contribution in [0, 0.1) is 6.92 Å². The quantitative estimate of drug-likeness (QED) is 0.626. The first-order valence-electron chi connectivity index (χ1n) is 2.75. The van der Waals surface area contributed by atoms with Crippen LogP contribution in [-0.4, -0.2) is 17.0 Å². The van der Waals surface area contributed by atoms with Crippen LogP contribution < -0.4 is 5.73 Å². The predicted molar refractivity (Wildman–Crippen MR) is 40.9 cm³/mol. The van der Waals surface area contributed by atoms with Crippen LogP contribution in [0.3, 0.4) is 0 Å². The highest BCUT2D eigenvalue weighted by Gasteiger charge is 2.08. The smallest absolute Gasteiger partial charge is 0.0104 e. The number of nitrogens with two attached hydrogens (primary N) is 1. The Bertz CT molecular complexity index is 56.0. The molecule has 2 N–H and O–H groups in total. The van der Waals surface area contributed by atoms with Gasteiger partial charge >= 0.3 is 0 Å². The van der Waals surface area contributed by atoms with E-state index < -0.39 is 0 Å². The number of hydrogen-bond acceptors (Lipinski definition) is 2. The summed E-state index contributed by atoms with van der Waals surface area (Å²) in [5.74, 6) is 1.01. The van der Waals surface area contributed by atoms with Crippen molar-refractivity contribution in [1.82, 2.24) is 0 Å². The van der Waals surface area contributed by atoms with Gasteiger partial charge in [-0.1, -0.05) is 13.8 Å². The van der Waals surface area contributed by atoms with E-state index in [1.807, 2.05) is 0 Å². The summed E-state index contributed by atoms with van der Waals surface area (Å²) in [6, 6.07) is 0. The molecule has 0 aromatic heterocycles. The second-order valence-corrected chi connectivity index (χ2v) is 4.20. The third-order valence-electron chi connectivity index (χ3n) is 0.611. The summed E-state index contributed by atoms with van der Waals surface area (Å²) in [6.45, 7) is 8.85. The fourth-order valence-electron chi connectivity index (χ4n) is 0.335. The van der Waals surface area contributed by atoms with Gasteiger partial charge in [0, 0.05) is 17.0 Å². The van der Waals surface area contributed by atoms with Crippen LogP contribution in [0.2, 0.25) is 0 Å². The van der Waals surface area contributed by atoms with Gasteiger partial charge in [-0.05, 0) is 6.92 Å². The molecule has 0 aromatic rings. The molecule has 0 aliphatic heterocycles. The maximum Gasteiger partial charge on any atom is 0.0104 e. The molecule has 0 bridgehead atoms. The van der Waals surface area contributed by atoms with Gasteiger partial charge in [0.2, 0.25) is 0 Å². The zero-order valence-electron chi connectivity index (χ0n) is 5.61. The highest BCUT2D eigenvalue weighted by molar-refractivity contribution is 8.00. The average Bonchev–Trinajstić information content (AvgIpc) is 1.59. The van der Waals surface area contributed by atoms with E-state index in [1.54, 1.807) is 11.8 Å². The van der Waals surface area contributed by atoms with Crippen LogP contribution in [0.25, 0.3) is 0 Å². The second kappa shape index (κ2) is 3.36. The fourth-order valence-corrected chi connectivity index (χ4v) is 1.01. The third kappa shape index (κ3) is 6.31. The van der Waals surface area contributed by atoms with Crippen LogP contribution >= 0.6 is 11.8 Å². The van der Waals surface area contributed by atoms with Crippen molar-refractivity contribution in [2.24, 2.45) is 5.73 Å². The third-order valence-corrected chi connectivity index (χ3v) is 1.83. The summed E-state index contributed by atoms with van der Waals surface area (Å²) in [5, 5.41) is 0. The minimum atomic E-state index is 0.138. The first-order chi connectivity index (χ1) is 3.56. The lowest BCUT2D eigenvalue weighted by Crippen LogP contribution is -2.12. The predicted octanol–water partition coefficient (Wildman–Crippen LogP) is 1.29. The van der Waals surface area contributed by atoms with E-state index in [4.69, 9.17) is 5.73 Å². The Labute approximate surface area is 56.0 Å². The molecular weight excluding hydrogens is 118 g/mol. The van der Waals surface area contributed by atoms with Gasteiger partial charge in [0.05, 0.1) is 0 Å². The van der Waals surface area contributed by atoms with E-state index in [1.165, 1.54) is 0 Å². The number of hydrogen-bond donors (Lipinski definition) is 1. The van der Waals surface area contributed by atoms with E-state index in [2.05, 4.69) is 20.8 Å². The molecule has 8 heavy (non-hydrogen) atoms. The lowest BCUT2D eigenvalue weighted by molar-refractivity contribution is 0.891. The molecule has 0 atom stereocenters. The monoisotopic (exact) mass is 132 g/mol. The van der Waals surface area contributed by atoms with E-state index in [0.717, 1.165) is 12.3 Å². The number of rotatable bonds is 3. The van der Waals surface area contributed by atoms with Gasteiger partial charge in [-0.15, -0.1) is 0 Å². The molecule has 0 saturated carbocycles. The van der Waals surface area contributed by atoms with Crippen molar-refractivity contribution >= 4 is 11.8 Å². The van der Waals surface area contributed by atoms with Crippen LogP contribution in [0.15, 0.2) is 0 Å². The van der Waals surface area contributed by atoms with E-state index in [0.29, 0.717) is 0 Å². The van der Waals surface area contributed by atoms with Crippen molar-refractivity contribution in [1.29, 1.82) is 0 Å². The van der Waals surface area contributed by atoms with Gasteiger partial charge in [0.1, 0.15) is 0 Å². The lowest BCUT2D eigenvalue weighted by atomic mass is 10.3. The zero-order valence-corrected chi connectivity index (χ0v) is 6.42. The molecule has 0 unspecified atom stereocenters. The summed E-state index contributed by atoms with van der Waals surface area (Å²) in [5.41, 5.74) is 5.29. The van der Waals surface area contributed by atoms with E-state index in [-0.39, 0.29) is 4.75 Å². The highest BCUT2D eigenvalue weighted by atomic mass is 32.2. The van der Waals surface area contributed by atoms with Crippen molar-refractivity contribution < 1.29 is 0 Å². The topological polar surface area (TPSA) is 26.0 Å². The Morgan fingerprint density at radius 2 is 2.12 bits per heavy atom. The molecule has 1 nitrogen and oxygen atoms in total. The Kier molecular flexibility index (Phi) is 3.49. The highest BCUT2D eigenvalue weighted by Crippen LogP contribution is 2.21. The van der Waals surface area contributed by atoms with Gasteiger partial charge in [0.15, 0.2) is 0 Å². The SMILES string of the molecule is [CH2]C(C)(C)SCCN. The Morgan fingerprint density at radius 3 is 2.25 bits per heavy atom.